The molecular formula is C10H22N2O. The van der Waals surface area contributed by atoms with Gasteiger partial charge in [-0.2, -0.15) is 0 Å². The maximum Gasteiger partial charge on any atom is 0.0613 e. The minimum absolute atomic E-state index is 0.466. The SMILES string of the molecule is COCC(C)NC1CC(C)N(C)C1. The van der Waals surface area contributed by atoms with Crippen LogP contribution in [0.1, 0.15) is 20.3 Å². The average molecular weight is 186 g/mol. The number of likely N-dealkylation sites (N-methyl/N-ethyl adjacent to an activating group) is 1. The zero-order chi connectivity index (χ0) is 9.84. The van der Waals surface area contributed by atoms with E-state index in [1.165, 1.54) is 6.42 Å². The van der Waals surface area contributed by atoms with E-state index in [-0.39, 0.29) is 0 Å². The smallest absolute Gasteiger partial charge is 0.0613 e. The summed E-state index contributed by atoms with van der Waals surface area (Å²) >= 11 is 0. The van der Waals surface area contributed by atoms with Crippen LogP contribution in [0.2, 0.25) is 0 Å². The van der Waals surface area contributed by atoms with Crippen molar-refractivity contribution in [1.82, 2.24) is 10.2 Å². The summed E-state index contributed by atoms with van der Waals surface area (Å²) in [6.45, 7) is 6.42. The monoisotopic (exact) mass is 186 g/mol. The minimum Gasteiger partial charge on any atom is -0.383 e. The number of nitrogens with one attached hydrogen (secondary N) is 1. The van der Waals surface area contributed by atoms with Crippen molar-refractivity contribution < 1.29 is 4.74 Å². The zero-order valence-electron chi connectivity index (χ0n) is 9.21. The summed E-state index contributed by atoms with van der Waals surface area (Å²) in [5, 5.41) is 3.57. The summed E-state index contributed by atoms with van der Waals surface area (Å²) in [7, 11) is 3.94. The van der Waals surface area contributed by atoms with Gasteiger partial charge in [0.2, 0.25) is 0 Å². The van der Waals surface area contributed by atoms with Crippen LogP contribution in [0, 0.1) is 0 Å². The van der Waals surface area contributed by atoms with E-state index < -0.39 is 0 Å². The van der Waals surface area contributed by atoms with Gasteiger partial charge in [0.1, 0.15) is 0 Å². The van der Waals surface area contributed by atoms with E-state index in [4.69, 9.17) is 4.74 Å². The fraction of sp³-hybridized carbons (Fsp3) is 1.00. The van der Waals surface area contributed by atoms with E-state index in [0.717, 1.165) is 13.2 Å². The molecule has 1 aliphatic heterocycles. The van der Waals surface area contributed by atoms with Crippen molar-refractivity contribution in [2.75, 3.05) is 27.3 Å². The largest absolute Gasteiger partial charge is 0.383 e. The molecule has 1 rings (SSSR count). The minimum atomic E-state index is 0.466. The molecular weight excluding hydrogens is 164 g/mol. The Morgan fingerprint density at radius 3 is 2.77 bits per heavy atom. The molecule has 0 aromatic rings. The van der Waals surface area contributed by atoms with Crippen molar-refractivity contribution >= 4 is 0 Å². The molecule has 0 aromatic heterocycles. The first-order valence-electron chi connectivity index (χ1n) is 5.08. The number of rotatable bonds is 4. The highest BCUT2D eigenvalue weighted by atomic mass is 16.5. The van der Waals surface area contributed by atoms with E-state index in [1.54, 1.807) is 7.11 Å². The number of hydrogen-bond donors (Lipinski definition) is 1. The second-order valence-corrected chi connectivity index (χ2v) is 4.24. The quantitative estimate of drug-likeness (QED) is 0.699. The van der Waals surface area contributed by atoms with Crippen molar-refractivity contribution in [3.8, 4) is 0 Å². The predicted molar refractivity (Wildman–Crippen MR) is 55.0 cm³/mol. The highest BCUT2D eigenvalue weighted by molar-refractivity contribution is 4.86. The van der Waals surface area contributed by atoms with Crippen LogP contribution in [0.4, 0.5) is 0 Å². The molecule has 0 bridgehead atoms. The number of likely N-dealkylation sites (tertiary alicyclic amines) is 1. The summed E-state index contributed by atoms with van der Waals surface area (Å²) in [6, 6.07) is 1.83. The van der Waals surface area contributed by atoms with Gasteiger partial charge in [-0.05, 0) is 27.3 Å². The van der Waals surface area contributed by atoms with Crippen molar-refractivity contribution in [2.24, 2.45) is 0 Å². The van der Waals surface area contributed by atoms with E-state index in [1.807, 2.05) is 0 Å². The standard InChI is InChI=1S/C10H22N2O/c1-8(7-13-4)11-10-5-9(2)12(3)6-10/h8-11H,5-7H2,1-4H3. The first-order valence-corrected chi connectivity index (χ1v) is 5.08. The normalized spacial score (nSPS) is 32.3. The third-order valence-corrected chi connectivity index (χ3v) is 2.82. The van der Waals surface area contributed by atoms with Gasteiger partial charge >= 0.3 is 0 Å². The van der Waals surface area contributed by atoms with Crippen molar-refractivity contribution in [2.45, 2.75) is 38.4 Å². The first-order chi connectivity index (χ1) is 6.13. The van der Waals surface area contributed by atoms with Crippen molar-refractivity contribution in [1.29, 1.82) is 0 Å². The lowest BCUT2D eigenvalue weighted by molar-refractivity contribution is 0.167. The van der Waals surface area contributed by atoms with Gasteiger partial charge < -0.3 is 15.0 Å². The van der Waals surface area contributed by atoms with E-state index in [0.29, 0.717) is 18.1 Å². The van der Waals surface area contributed by atoms with Crippen molar-refractivity contribution in [3.63, 3.8) is 0 Å². The van der Waals surface area contributed by atoms with Crippen LogP contribution >= 0.6 is 0 Å². The van der Waals surface area contributed by atoms with Crippen LogP contribution in [0.3, 0.4) is 0 Å². The Kier molecular flexibility index (Phi) is 4.16. The third-order valence-electron chi connectivity index (χ3n) is 2.82. The molecule has 3 nitrogen and oxygen atoms in total. The highest BCUT2D eigenvalue weighted by Crippen LogP contribution is 2.15. The summed E-state index contributed by atoms with van der Waals surface area (Å²) in [4.78, 5) is 2.40. The molecule has 3 atom stereocenters. The molecule has 0 aliphatic carbocycles. The number of hydrogen-bond acceptors (Lipinski definition) is 3. The maximum atomic E-state index is 5.09. The Bertz CT molecular complexity index is 142. The number of methoxy groups -OCH3 is 1. The summed E-state index contributed by atoms with van der Waals surface area (Å²) < 4.78 is 5.09. The Labute approximate surface area is 81.4 Å². The molecule has 1 N–H and O–H groups in total. The van der Waals surface area contributed by atoms with Gasteiger partial charge in [-0.1, -0.05) is 0 Å². The Morgan fingerprint density at radius 1 is 1.62 bits per heavy atom. The van der Waals surface area contributed by atoms with Gasteiger partial charge in [0.25, 0.3) is 0 Å². The Balaban J connectivity index is 2.23. The van der Waals surface area contributed by atoms with Crippen LogP contribution in [0.25, 0.3) is 0 Å². The van der Waals surface area contributed by atoms with Crippen LogP contribution in [0.15, 0.2) is 0 Å². The average Bonchev–Trinajstić information content (AvgIpc) is 2.31. The lowest BCUT2D eigenvalue weighted by atomic mass is 10.2. The maximum absolute atomic E-state index is 5.09. The molecule has 0 spiro atoms. The fourth-order valence-electron chi connectivity index (χ4n) is 2.02. The van der Waals surface area contributed by atoms with Gasteiger partial charge in [0, 0.05) is 31.8 Å². The fourth-order valence-corrected chi connectivity index (χ4v) is 2.02. The Hall–Kier alpha value is -0.120. The van der Waals surface area contributed by atoms with Gasteiger partial charge in [-0.15, -0.1) is 0 Å². The summed E-state index contributed by atoms with van der Waals surface area (Å²) in [5.41, 5.74) is 0. The van der Waals surface area contributed by atoms with Crippen LogP contribution < -0.4 is 5.32 Å². The van der Waals surface area contributed by atoms with Gasteiger partial charge in [0.15, 0.2) is 0 Å². The number of nitrogens with zero attached hydrogens (tertiary/aromatic N) is 1. The molecule has 3 unspecified atom stereocenters. The lowest BCUT2D eigenvalue weighted by Crippen LogP contribution is -2.40. The molecule has 0 saturated carbocycles. The molecule has 0 amide bonds. The second-order valence-electron chi connectivity index (χ2n) is 4.24. The van der Waals surface area contributed by atoms with Crippen LogP contribution in [-0.2, 0) is 4.74 Å². The predicted octanol–water partition coefficient (Wildman–Crippen LogP) is 0.704. The van der Waals surface area contributed by atoms with Gasteiger partial charge in [-0.3, -0.25) is 0 Å². The van der Waals surface area contributed by atoms with Crippen LogP contribution in [-0.4, -0.2) is 50.3 Å². The molecule has 13 heavy (non-hydrogen) atoms. The molecule has 0 radical (unpaired) electrons. The lowest BCUT2D eigenvalue weighted by Gasteiger charge is -2.18. The molecule has 1 heterocycles. The molecule has 1 fully saturated rings. The molecule has 78 valence electrons. The Morgan fingerprint density at radius 2 is 2.31 bits per heavy atom. The molecule has 1 aliphatic rings. The highest BCUT2D eigenvalue weighted by Gasteiger charge is 2.26. The topological polar surface area (TPSA) is 24.5 Å². The summed E-state index contributed by atoms with van der Waals surface area (Å²) in [6.07, 6.45) is 1.25. The zero-order valence-corrected chi connectivity index (χ0v) is 9.21. The summed E-state index contributed by atoms with van der Waals surface area (Å²) in [5.74, 6) is 0. The number of ether oxygens (including phenoxy) is 1. The van der Waals surface area contributed by atoms with E-state index in [2.05, 4.69) is 31.1 Å². The molecule has 3 heteroatoms. The second kappa shape index (κ2) is 4.94. The third kappa shape index (κ3) is 3.25. The van der Waals surface area contributed by atoms with Gasteiger partial charge in [0.05, 0.1) is 6.61 Å². The van der Waals surface area contributed by atoms with Crippen LogP contribution in [0.5, 0.6) is 0 Å². The van der Waals surface area contributed by atoms with E-state index >= 15 is 0 Å². The molecule has 1 saturated heterocycles. The van der Waals surface area contributed by atoms with Crippen molar-refractivity contribution in [3.05, 3.63) is 0 Å². The van der Waals surface area contributed by atoms with Gasteiger partial charge in [-0.25, -0.2) is 0 Å². The molecule has 0 aromatic carbocycles. The first kappa shape index (κ1) is 11.0. The van der Waals surface area contributed by atoms with E-state index in [9.17, 15) is 0 Å².